The average Bonchev–Trinajstić information content (AvgIpc) is 2.82. The summed E-state index contributed by atoms with van der Waals surface area (Å²) in [4.78, 5) is 12.0. The monoisotopic (exact) mass is 331 g/mol. The number of rotatable bonds is 3. The molecule has 1 N–H and O–H groups in total. The van der Waals surface area contributed by atoms with E-state index in [0.29, 0.717) is 27.6 Å². The molecule has 96 valence electrons. The van der Waals surface area contributed by atoms with Crippen molar-refractivity contribution < 1.29 is 4.79 Å². The van der Waals surface area contributed by atoms with Crippen LogP contribution in [-0.4, -0.2) is 25.5 Å². The highest BCUT2D eigenvalue weighted by atomic mass is 79.9. The van der Waals surface area contributed by atoms with Gasteiger partial charge in [-0.05, 0) is 22.9 Å². The Balaban J connectivity index is 2.21. The van der Waals surface area contributed by atoms with Crippen molar-refractivity contribution in [1.29, 1.82) is 0 Å². The number of halogens is 2. The summed E-state index contributed by atoms with van der Waals surface area (Å²) in [6.07, 6.45) is 3.35. The van der Waals surface area contributed by atoms with Crippen molar-refractivity contribution in [1.82, 2.24) is 19.6 Å². The number of anilines is 1. The summed E-state index contributed by atoms with van der Waals surface area (Å²) >= 11 is 9.21. The molecule has 0 aliphatic heterocycles. The minimum atomic E-state index is -0.352. The van der Waals surface area contributed by atoms with Gasteiger partial charge in [-0.3, -0.25) is 14.2 Å². The lowest BCUT2D eigenvalue weighted by Crippen LogP contribution is -2.14. The Morgan fingerprint density at radius 3 is 2.72 bits per heavy atom. The molecule has 2 heterocycles. The molecule has 18 heavy (non-hydrogen) atoms. The Morgan fingerprint density at radius 2 is 2.22 bits per heavy atom. The number of aromatic nitrogens is 4. The van der Waals surface area contributed by atoms with E-state index < -0.39 is 0 Å². The van der Waals surface area contributed by atoms with Gasteiger partial charge in [-0.2, -0.15) is 10.2 Å². The highest BCUT2D eigenvalue weighted by molar-refractivity contribution is 9.10. The molecule has 1 amide bonds. The molecule has 0 atom stereocenters. The van der Waals surface area contributed by atoms with Crippen LogP contribution in [-0.2, 0) is 13.6 Å². The second kappa shape index (κ2) is 5.11. The Labute approximate surface area is 117 Å². The summed E-state index contributed by atoms with van der Waals surface area (Å²) < 4.78 is 3.82. The van der Waals surface area contributed by atoms with E-state index >= 15 is 0 Å². The number of aryl methyl sites for hydroxylation is 2. The zero-order valence-corrected chi connectivity index (χ0v) is 12.2. The first-order chi connectivity index (χ1) is 8.51. The van der Waals surface area contributed by atoms with Crippen LogP contribution in [0.2, 0.25) is 5.02 Å². The summed E-state index contributed by atoms with van der Waals surface area (Å²) in [5.74, 6) is -0.0307. The molecule has 0 saturated carbocycles. The zero-order chi connectivity index (χ0) is 13.3. The van der Waals surface area contributed by atoms with E-state index in [1.165, 1.54) is 4.68 Å². The first kappa shape index (κ1) is 13.1. The fraction of sp³-hybridized carbons (Fsp3) is 0.300. The van der Waals surface area contributed by atoms with Crippen molar-refractivity contribution in [2.75, 3.05) is 5.32 Å². The number of nitrogens with one attached hydrogen (secondary N) is 1. The van der Waals surface area contributed by atoms with Crippen LogP contribution in [0.1, 0.15) is 17.4 Å². The topological polar surface area (TPSA) is 64.7 Å². The standard InChI is InChI=1S/C10H11BrClN5O/c1-3-17-4-6(11)8(14-17)10(18)13-9-7(12)5-16(2)15-9/h4-5H,3H2,1-2H3,(H,13,15,18). The predicted octanol–water partition coefficient (Wildman–Crippen LogP) is 2.30. The van der Waals surface area contributed by atoms with E-state index in [1.807, 2.05) is 6.92 Å². The van der Waals surface area contributed by atoms with E-state index in [2.05, 4.69) is 31.4 Å². The molecule has 0 aromatic carbocycles. The van der Waals surface area contributed by atoms with Crippen LogP contribution in [0.3, 0.4) is 0 Å². The molecule has 2 aromatic rings. The highest BCUT2D eigenvalue weighted by Crippen LogP contribution is 2.21. The number of hydrogen-bond acceptors (Lipinski definition) is 3. The minimum absolute atomic E-state index is 0.304. The summed E-state index contributed by atoms with van der Waals surface area (Å²) in [5, 5.41) is 11.2. The van der Waals surface area contributed by atoms with Gasteiger partial charge in [-0.25, -0.2) is 0 Å². The third-order valence-corrected chi connectivity index (χ3v) is 3.13. The molecule has 0 radical (unpaired) electrons. The van der Waals surface area contributed by atoms with Gasteiger partial charge in [0.25, 0.3) is 5.91 Å². The van der Waals surface area contributed by atoms with Gasteiger partial charge < -0.3 is 5.32 Å². The van der Waals surface area contributed by atoms with Crippen LogP contribution in [0.15, 0.2) is 16.9 Å². The summed E-state index contributed by atoms with van der Waals surface area (Å²) in [5.41, 5.74) is 0.304. The molecular weight excluding hydrogens is 322 g/mol. The quantitative estimate of drug-likeness (QED) is 0.938. The SMILES string of the molecule is CCn1cc(Br)c(C(=O)Nc2nn(C)cc2Cl)n1. The number of carbonyl (C=O) groups excluding carboxylic acids is 1. The van der Waals surface area contributed by atoms with E-state index in [-0.39, 0.29) is 5.91 Å². The van der Waals surface area contributed by atoms with Crippen molar-refractivity contribution in [3.63, 3.8) is 0 Å². The van der Waals surface area contributed by atoms with Crippen LogP contribution >= 0.6 is 27.5 Å². The molecule has 0 spiro atoms. The third kappa shape index (κ3) is 2.56. The molecule has 0 bridgehead atoms. The molecule has 6 nitrogen and oxygen atoms in total. The van der Waals surface area contributed by atoms with Crippen molar-refractivity contribution >= 4 is 39.3 Å². The molecule has 0 fully saturated rings. The predicted molar refractivity (Wildman–Crippen MR) is 71.8 cm³/mol. The van der Waals surface area contributed by atoms with Gasteiger partial charge in [0, 0.05) is 26.0 Å². The van der Waals surface area contributed by atoms with E-state index in [0.717, 1.165) is 0 Å². The zero-order valence-electron chi connectivity index (χ0n) is 9.81. The van der Waals surface area contributed by atoms with Gasteiger partial charge >= 0.3 is 0 Å². The lowest BCUT2D eigenvalue weighted by molar-refractivity contribution is 0.102. The van der Waals surface area contributed by atoms with Gasteiger partial charge in [0.2, 0.25) is 0 Å². The van der Waals surface area contributed by atoms with E-state index in [4.69, 9.17) is 11.6 Å². The first-order valence-electron chi connectivity index (χ1n) is 5.24. The fourth-order valence-electron chi connectivity index (χ4n) is 1.42. The Hall–Kier alpha value is -1.34. The largest absolute Gasteiger partial charge is 0.302 e. The summed E-state index contributed by atoms with van der Waals surface area (Å²) in [6, 6.07) is 0. The maximum Gasteiger partial charge on any atom is 0.278 e. The Morgan fingerprint density at radius 1 is 1.50 bits per heavy atom. The maximum absolute atomic E-state index is 12.0. The lowest BCUT2D eigenvalue weighted by Gasteiger charge is -2.00. The first-order valence-corrected chi connectivity index (χ1v) is 6.41. The van der Waals surface area contributed by atoms with Crippen molar-refractivity contribution in [3.05, 3.63) is 27.6 Å². The second-order valence-corrected chi connectivity index (χ2v) is 4.90. The molecule has 8 heteroatoms. The lowest BCUT2D eigenvalue weighted by atomic mass is 10.4. The Kier molecular flexibility index (Phi) is 3.72. The molecule has 0 aliphatic carbocycles. The smallest absolute Gasteiger partial charge is 0.278 e. The van der Waals surface area contributed by atoms with Crippen LogP contribution < -0.4 is 5.32 Å². The average molecular weight is 333 g/mol. The molecule has 0 unspecified atom stereocenters. The summed E-state index contributed by atoms with van der Waals surface area (Å²) in [6.45, 7) is 2.63. The maximum atomic E-state index is 12.0. The van der Waals surface area contributed by atoms with E-state index in [9.17, 15) is 4.79 Å². The normalized spacial score (nSPS) is 10.7. The number of amides is 1. The second-order valence-electron chi connectivity index (χ2n) is 3.63. The van der Waals surface area contributed by atoms with Gasteiger partial charge in [0.05, 0.1) is 4.47 Å². The highest BCUT2D eigenvalue weighted by Gasteiger charge is 2.17. The van der Waals surface area contributed by atoms with Crippen molar-refractivity contribution in [2.24, 2.45) is 7.05 Å². The van der Waals surface area contributed by atoms with Crippen LogP contribution in [0.5, 0.6) is 0 Å². The van der Waals surface area contributed by atoms with Gasteiger partial charge in [0.1, 0.15) is 5.02 Å². The van der Waals surface area contributed by atoms with Gasteiger partial charge in [-0.15, -0.1) is 0 Å². The summed E-state index contributed by atoms with van der Waals surface area (Å²) in [7, 11) is 1.73. The Bertz CT molecular complexity index is 591. The number of carbonyl (C=O) groups is 1. The molecule has 2 aromatic heterocycles. The number of hydrogen-bond donors (Lipinski definition) is 1. The van der Waals surface area contributed by atoms with E-state index in [1.54, 1.807) is 24.1 Å². The van der Waals surface area contributed by atoms with Crippen molar-refractivity contribution in [2.45, 2.75) is 13.5 Å². The molecular formula is C10H11BrClN5O. The fourth-order valence-corrected chi connectivity index (χ4v) is 2.15. The molecule has 2 rings (SSSR count). The van der Waals surface area contributed by atoms with Gasteiger partial charge in [0.15, 0.2) is 11.5 Å². The third-order valence-electron chi connectivity index (χ3n) is 2.27. The van der Waals surface area contributed by atoms with Gasteiger partial charge in [-0.1, -0.05) is 11.6 Å². The molecule has 0 aliphatic rings. The minimum Gasteiger partial charge on any atom is -0.302 e. The molecule has 0 saturated heterocycles. The van der Waals surface area contributed by atoms with Crippen molar-refractivity contribution in [3.8, 4) is 0 Å². The number of nitrogens with zero attached hydrogens (tertiary/aromatic N) is 4. The van der Waals surface area contributed by atoms with Crippen LogP contribution in [0, 0.1) is 0 Å². The van der Waals surface area contributed by atoms with Crippen LogP contribution in [0.4, 0.5) is 5.82 Å². The van der Waals surface area contributed by atoms with Crippen LogP contribution in [0.25, 0.3) is 0 Å².